The normalized spacial score (nSPS) is 15.6. The number of aromatic amines is 1. The summed E-state index contributed by atoms with van der Waals surface area (Å²) in [6.45, 7) is 1.93. The molecule has 2 N–H and O–H groups in total. The fourth-order valence-electron chi connectivity index (χ4n) is 2.84. The second-order valence-corrected chi connectivity index (χ2v) is 8.59. The number of aromatic nitrogens is 3. The number of aryl methyl sites for hydroxylation is 1. The van der Waals surface area contributed by atoms with Gasteiger partial charge in [0.05, 0.1) is 20.9 Å². The van der Waals surface area contributed by atoms with Gasteiger partial charge in [0.2, 0.25) is 0 Å². The standard InChI is InChI=1S/C17H17N5O2S/c1-11-8-12(22-25(24)6-3-7-25)9-14-15(11)16(20-10-19-14)21-13-4-2-5-18-17(13)23/h2,4-5,8-10H,3,6-7H2,1H3,(H,18,23)(H,19,20,21). The lowest BCUT2D eigenvalue weighted by molar-refractivity contribution is 0.663. The Kier molecular flexibility index (Phi) is 3.76. The van der Waals surface area contributed by atoms with E-state index in [0.29, 0.717) is 34.2 Å². The average Bonchev–Trinajstić information content (AvgIpc) is 2.55. The second-order valence-electron chi connectivity index (χ2n) is 6.04. The number of rotatable bonds is 3. The van der Waals surface area contributed by atoms with Crippen LogP contribution in [0.25, 0.3) is 10.9 Å². The molecule has 0 spiro atoms. The molecule has 1 saturated heterocycles. The van der Waals surface area contributed by atoms with Gasteiger partial charge in [-0.2, -0.15) is 4.36 Å². The predicted octanol–water partition coefficient (Wildman–Crippen LogP) is 2.87. The highest BCUT2D eigenvalue weighted by Gasteiger charge is 2.19. The maximum atomic E-state index is 12.4. The average molecular weight is 355 g/mol. The van der Waals surface area contributed by atoms with Crippen molar-refractivity contribution < 1.29 is 4.21 Å². The van der Waals surface area contributed by atoms with Crippen molar-refractivity contribution in [1.29, 1.82) is 0 Å². The van der Waals surface area contributed by atoms with Crippen molar-refractivity contribution in [3.63, 3.8) is 0 Å². The molecule has 0 unspecified atom stereocenters. The van der Waals surface area contributed by atoms with Gasteiger partial charge in [0, 0.05) is 23.1 Å². The number of hydrogen-bond donors (Lipinski definition) is 2. The zero-order valence-corrected chi connectivity index (χ0v) is 14.5. The van der Waals surface area contributed by atoms with Crippen LogP contribution in [0.4, 0.5) is 17.2 Å². The highest BCUT2D eigenvalue weighted by Crippen LogP contribution is 2.31. The van der Waals surface area contributed by atoms with Gasteiger partial charge >= 0.3 is 0 Å². The topological polar surface area (TPSA) is 100 Å². The molecule has 1 fully saturated rings. The van der Waals surface area contributed by atoms with Crippen LogP contribution in [0.15, 0.2) is 45.9 Å². The molecule has 0 amide bonds. The van der Waals surface area contributed by atoms with Gasteiger partial charge in [0.1, 0.15) is 17.8 Å². The first kappa shape index (κ1) is 15.8. The summed E-state index contributed by atoms with van der Waals surface area (Å²) in [5.41, 5.74) is 2.48. The van der Waals surface area contributed by atoms with E-state index in [9.17, 15) is 9.00 Å². The zero-order chi connectivity index (χ0) is 17.4. The summed E-state index contributed by atoms with van der Waals surface area (Å²) in [6.07, 6.45) is 3.98. The summed E-state index contributed by atoms with van der Waals surface area (Å²) in [5.74, 6) is 1.88. The van der Waals surface area contributed by atoms with Crippen LogP contribution in [0.2, 0.25) is 0 Å². The monoisotopic (exact) mass is 355 g/mol. The zero-order valence-electron chi connectivity index (χ0n) is 13.7. The Morgan fingerprint density at radius 1 is 1.28 bits per heavy atom. The van der Waals surface area contributed by atoms with Gasteiger partial charge in [-0.3, -0.25) is 4.79 Å². The van der Waals surface area contributed by atoms with Gasteiger partial charge in [0.15, 0.2) is 0 Å². The van der Waals surface area contributed by atoms with Crippen molar-refractivity contribution in [3.05, 3.63) is 52.7 Å². The number of hydrogen-bond acceptors (Lipinski definition) is 6. The Morgan fingerprint density at radius 3 is 2.84 bits per heavy atom. The molecule has 7 nitrogen and oxygen atoms in total. The molecule has 0 aliphatic carbocycles. The number of nitrogens with one attached hydrogen (secondary N) is 2. The molecule has 25 heavy (non-hydrogen) atoms. The molecule has 128 valence electrons. The van der Waals surface area contributed by atoms with Gasteiger partial charge in [-0.05, 0) is 43.2 Å². The first-order valence-electron chi connectivity index (χ1n) is 7.97. The third-order valence-corrected chi connectivity index (χ3v) is 6.59. The van der Waals surface area contributed by atoms with Crippen LogP contribution in [0.5, 0.6) is 0 Å². The Morgan fingerprint density at radius 2 is 2.12 bits per heavy atom. The van der Waals surface area contributed by atoms with Crippen LogP contribution >= 0.6 is 0 Å². The molecule has 3 heterocycles. The molecule has 8 heteroatoms. The second kappa shape index (κ2) is 5.96. The highest BCUT2D eigenvalue weighted by molar-refractivity contribution is 7.95. The number of H-pyrrole nitrogens is 1. The van der Waals surface area contributed by atoms with Crippen molar-refractivity contribution in [2.75, 3.05) is 16.8 Å². The molecule has 0 saturated carbocycles. The van der Waals surface area contributed by atoms with Crippen LogP contribution in [0, 0.1) is 6.92 Å². The molecular formula is C17H17N5O2S. The maximum absolute atomic E-state index is 12.4. The third-order valence-electron chi connectivity index (χ3n) is 4.19. The Hall–Kier alpha value is -2.74. The number of benzene rings is 1. The summed E-state index contributed by atoms with van der Waals surface area (Å²) in [6, 6.07) is 7.13. The summed E-state index contributed by atoms with van der Waals surface area (Å²) < 4.78 is 16.8. The van der Waals surface area contributed by atoms with E-state index in [1.807, 2.05) is 19.1 Å². The molecule has 0 radical (unpaired) electrons. The minimum absolute atomic E-state index is 0.222. The molecule has 0 bridgehead atoms. The molecule has 1 aromatic carbocycles. The summed E-state index contributed by atoms with van der Waals surface area (Å²) in [5, 5.41) is 3.88. The summed E-state index contributed by atoms with van der Waals surface area (Å²) in [4.78, 5) is 23.1. The first-order valence-corrected chi connectivity index (χ1v) is 9.82. The van der Waals surface area contributed by atoms with E-state index in [2.05, 4.69) is 24.6 Å². The van der Waals surface area contributed by atoms with Crippen molar-refractivity contribution in [2.24, 2.45) is 4.36 Å². The van der Waals surface area contributed by atoms with E-state index in [1.54, 1.807) is 18.3 Å². The number of nitrogens with zero attached hydrogens (tertiary/aromatic N) is 3. The fraction of sp³-hybridized carbons (Fsp3) is 0.235. The number of pyridine rings is 1. The van der Waals surface area contributed by atoms with E-state index in [1.165, 1.54) is 6.33 Å². The largest absolute Gasteiger partial charge is 0.335 e. The molecular weight excluding hydrogens is 338 g/mol. The van der Waals surface area contributed by atoms with E-state index >= 15 is 0 Å². The number of anilines is 2. The third kappa shape index (κ3) is 3.00. The quantitative estimate of drug-likeness (QED) is 0.752. The highest BCUT2D eigenvalue weighted by atomic mass is 32.2. The summed E-state index contributed by atoms with van der Waals surface area (Å²) in [7, 11) is -2.07. The lowest BCUT2D eigenvalue weighted by Gasteiger charge is -2.18. The van der Waals surface area contributed by atoms with Gasteiger partial charge in [0.25, 0.3) is 5.56 Å². The fourth-order valence-corrected chi connectivity index (χ4v) is 4.30. The van der Waals surface area contributed by atoms with Crippen LogP contribution in [-0.4, -0.2) is 30.7 Å². The summed E-state index contributed by atoms with van der Waals surface area (Å²) >= 11 is 0. The van der Waals surface area contributed by atoms with Gasteiger partial charge in [-0.15, -0.1) is 0 Å². The van der Waals surface area contributed by atoms with Crippen LogP contribution in [-0.2, 0) is 9.73 Å². The Labute approximate surface area is 144 Å². The van der Waals surface area contributed by atoms with Gasteiger partial charge in [-0.1, -0.05) is 0 Å². The minimum atomic E-state index is -2.07. The molecule has 1 aliphatic rings. The molecule has 4 rings (SSSR count). The van der Waals surface area contributed by atoms with Crippen molar-refractivity contribution in [1.82, 2.24) is 15.0 Å². The predicted molar refractivity (Wildman–Crippen MR) is 99.2 cm³/mol. The SMILES string of the molecule is Cc1cc(N=S2(=O)CCC2)cc2ncnc(Nc3ccc[nH]c3=O)c12. The van der Waals surface area contributed by atoms with Crippen LogP contribution in [0.3, 0.4) is 0 Å². The van der Waals surface area contributed by atoms with E-state index in [4.69, 9.17) is 0 Å². The number of fused-ring (bicyclic) bond motifs is 1. The van der Waals surface area contributed by atoms with Crippen molar-refractivity contribution in [3.8, 4) is 0 Å². The first-order chi connectivity index (χ1) is 12.0. The van der Waals surface area contributed by atoms with E-state index < -0.39 is 9.73 Å². The molecule has 3 aromatic rings. The van der Waals surface area contributed by atoms with Crippen LogP contribution < -0.4 is 10.9 Å². The maximum Gasteiger partial charge on any atom is 0.271 e. The van der Waals surface area contributed by atoms with Crippen molar-refractivity contribution >= 4 is 37.8 Å². The van der Waals surface area contributed by atoms with Gasteiger partial charge in [-0.25, -0.2) is 14.2 Å². The lowest BCUT2D eigenvalue weighted by atomic mass is 10.1. The van der Waals surface area contributed by atoms with Crippen LogP contribution in [0.1, 0.15) is 12.0 Å². The Balaban J connectivity index is 1.82. The van der Waals surface area contributed by atoms with E-state index in [-0.39, 0.29) is 5.56 Å². The molecule has 1 aliphatic heterocycles. The Bertz CT molecular complexity index is 1140. The molecule has 0 atom stereocenters. The van der Waals surface area contributed by atoms with Crippen molar-refractivity contribution in [2.45, 2.75) is 13.3 Å². The smallest absolute Gasteiger partial charge is 0.271 e. The minimum Gasteiger partial charge on any atom is -0.335 e. The lowest BCUT2D eigenvalue weighted by Crippen LogP contribution is -2.22. The molecule has 2 aromatic heterocycles. The van der Waals surface area contributed by atoms with Gasteiger partial charge < -0.3 is 10.3 Å². The van der Waals surface area contributed by atoms with E-state index in [0.717, 1.165) is 17.4 Å².